The molecule has 0 heterocycles. The van der Waals surface area contributed by atoms with Gasteiger partial charge in [0.2, 0.25) is 5.91 Å². The number of carbonyl (C=O) groups is 2. The zero-order valence-corrected chi connectivity index (χ0v) is 15.0. The van der Waals surface area contributed by atoms with Gasteiger partial charge in [-0.3, -0.25) is 4.79 Å². The molecule has 0 saturated carbocycles. The Kier molecular flexibility index (Phi) is 5.59. The molecule has 2 N–H and O–H groups in total. The fraction of sp³-hybridized carbons (Fsp3) is 0.300. The molecule has 0 saturated heterocycles. The van der Waals surface area contributed by atoms with Gasteiger partial charge in [-0.1, -0.05) is 30.3 Å². The summed E-state index contributed by atoms with van der Waals surface area (Å²) in [4.78, 5) is 26.1. The summed E-state index contributed by atoms with van der Waals surface area (Å²) in [5.41, 5.74) is 7.36. The predicted octanol–water partition coefficient (Wildman–Crippen LogP) is 3.30. The van der Waals surface area contributed by atoms with Crippen LogP contribution in [0.2, 0.25) is 0 Å². The zero-order valence-electron chi connectivity index (χ0n) is 15.0. The molecular weight excluding hydrogens is 316 g/mol. The van der Waals surface area contributed by atoms with E-state index in [1.54, 1.807) is 31.3 Å². The first kappa shape index (κ1) is 18.7. The number of nitrogens with two attached hydrogens (primary N) is 1. The molecule has 1 atom stereocenters. The molecule has 0 aliphatic carbocycles. The minimum Gasteiger partial charge on any atom is -0.456 e. The number of anilines is 1. The van der Waals surface area contributed by atoms with Gasteiger partial charge in [-0.25, -0.2) is 4.79 Å². The molecule has 0 unspecified atom stereocenters. The average Bonchev–Trinajstić information content (AvgIpc) is 2.59. The van der Waals surface area contributed by atoms with Gasteiger partial charge in [0.25, 0.3) is 0 Å². The number of esters is 1. The Morgan fingerprint density at radius 1 is 1.00 bits per heavy atom. The highest BCUT2D eigenvalue weighted by molar-refractivity contribution is 5.98. The summed E-state index contributed by atoms with van der Waals surface area (Å²) in [6.07, 6.45) is 0. The maximum absolute atomic E-state index is 12.6. The van der Waals surface area contributed by atoms with Crippen molar-refractivity contribution in [1.82, 2.24) is 0 Å². The first-order valence-corrected chi connectivity index (χ1v) is 8.10. The van der Waals surface area contributed by atoms with Gasteiger partial charge in [-0.15, -0.1) is 0 Å². The molecule has 2 rings (SSSR count). The van der Waals surface area contributed by atoms with Gasteiger partial charge in [0.1, 0.15) is 11.6 Å². The number of carbonyl (C=O) groups excluding carboxylic acids is 2. The third kappa shape index (κ3) is 4.90. The van der Waals surface area contributed by atoms with Crippen molar-refractivity contribution in [2.24, 2.45) is 5.73 Å². The van der Waals surface area contributed by atoms with Crippen LogP contribution in [-0.4, -0.2) is 24.5 Å². The minimum atomic E-state index is -0.739. The second-order valence-electron chi connectivity index (χ2n) is 6.83. The highest BCUT2D eigenvalue weighted by atomic mass is 16.6. The normalized spacial score (nSPS) is 12.4. The summed E-state index contributed by atoms with van der Waals surface area (Å²) in [7, 11) is 1.66. The Hall–Kier alpha value is -2.66. The molecule has 0 aliphatic heterocycles. The third-order valence-corrected chi connectivity index (χ3v) is 3.64. The van der Waals surface area contributed by atoms with Gasteiger partial charge in [-0.05, 0) is 50.6 Å². The second-order valence-corrected chi connectivity index (χ2v) is 6.83. The summed E-state index contributed by atoms with van der Waals surface area (Å²) in [6.45, 7) is 5.45. The number of benzene rings is 2. The molecule has 1 amide bonds. The summed E-state index contributed by atoms with van der Waals surface area (Å²) in [6, 6.07) is 15.2. The van der Waals surface area contributed by atoms with Gasteiger partial charge < -0.3 is 15.4 Å². The van der Waals surface area contributed by atoms with E-state index in [0.717, 1.165) is 5.56 Å². The molecule has 0 spiro atoms. The predicted molar refractivity (Wildman–Crippen MR) is 98.4 cm³/mol. The maximum Gasteiger partial charge on any atom is 0.338 e. The van der Waals surface area contributed by atoms with E-state index in [9.17, 15) is 9.59 Å². The van der Waals surface area contributed by atoms with Crippen LogP contribution in [-0.2, 0) is 9.53 Å². The molecule has 0 bridgehead atoms. The molecule has 25 heavy (non-hydrogen) atoms. The first-order chi connectivity index (χ1) is 11.7. The Balaban J connectivity index is 2.11. The molecule has 5 heteroatoms. The quantitative estimate of drug-likeness (QED) is 0.867. The number of amides is 1. The summed E-state index contributed by atoms with van der Waals surface area (Å²) < 4.78 is 5.33. The second kappa shape index (κ2) is 7.49. The number of likely N-dealkylation sites (N-methyl/N-ethyl adjacent to an activating group) is 1. The molecule has 2 aromatic carbocycles. The lowest BCUT2D eigenvalue weighted by atomic mass is 10.1. The van der Waals surface area contributed by atoms with Gasteiger partial charge in [0.15, 0.2) is 0 Å². The van der Waals surface area contributed by atoms with Crippen molar-refractivity contribution >= 4 is 17.6 Å². The van der Waals surface area contributed by atoms with Crippen molar-refractivity contribution in [3.63, 3.8) is 0 Å². The summed E-state index contributed by atoms with van der Waals surface area (Å²) in [5.74, 6) is -0.620. The topological polar surface area (TPSA) is 72.6 Å². The molecule has 0 fully saturated rings. The number of ether oxygens (including phenoxy) is 1. The van der Waals surface area contributed by atoms with Crippen molar-refractivity contribution in [2.45, 2.75) is 32.4 Å². The van der Waals surface area contributed by atoms with Crippen LogP contribution in [0.15, 0.2) is 54.6 Å². The third-order valence-electron chi connectivity index (χ3n) is 3.64. The van der Waals surface area contributed by atoms with Gasteiger partial charge >= 0.3 is 5.97 Å². The van der Waals surface area contributed by atoms with E-state index < -0.39 is 17.6 Å². The molecule has 0 radical (unpaired) electrons. The highest BCUT2D eigenvalue weighted by Crippen LogP contribution is 2.20. The van der Waals surface area contributed by atoms with Gasteiger partial charge in [0, 0.05) is 12.7 Å². The highest BCUT2D eigenvalue weighted by Gasteiger charge is 2.22. The van der Waals surface area contributed by atoms with Crippen LogP contribution in [0.4, 0.5) is 5.69 Å². The monoisotopic (exact) mass is 340 g/mol. The van der Waals surface area contributed by atoms with Crippen molar-refractivity contribution in [3.8, 4) is 0 Å². The van der Waals surface area contributed by atoms with Crippen LogP contribution >= 0.6 is 0 Å². The number of rotatable bonds is 4. The fourth-order valence-electron chi connectivity index (χ4n) is 2.30. The lowest BCUT2D eigenvalue weighted by molar-refractivity contribution is -0.119. The lowest BCUT2D eigenvalue weighted by Gasteiger charge is -2.22. The Bertz CT molecular complexity index is 734. The SMILES string of the molecule is CN(C(=O)[C@@H](N)c1ccccc1)c1ccc(C(=O)OC(C)(C)C)cc1. The van der Waals surface area contributed by atoms with E-state index in [4.69, 9.17) is 10.5 Å². The molecule has 0 aromatic heterocycles. The van der Waals surface area contributed by atoms with Crippen molar-refractivity contribution < 1.29 is 14.3 Å². The van der Waals surface area contributed by atoms with Gasteiger partial charge in [-0.2, -0.15) is 0 Å². The molecule has 5 nitrogen and oxygen atoms in total. The molecule has 2 aromatic rings. The van der Waals surface area contributed by atoms with Gasteiger partial charge in [0.05, 0.1) is 5.56 Å². The number of nitrogens with zero attached hydrogens (tertiary/aromatic N) is 1. The van der Waals surface area contributed by atoms with Crippen molar-refractivity contribution in [3.05, 3.63) is 65.7 Å². The van der Waals surface area contributed by atoms with Crippen LogP contribution in [0.1, 0.15) is 42.7 Å². The zero-order chi connectivity index (χ0) is 18.6. The minimum absolute atomic E-state index is 0.226. The lowest BCUT2D eigenvalue weighted by Crippen LogP contribution is -2.35. The smallest absolute Gasteiger partial charge is 0.338 e. The van der Waals surface area contributed by atoms with Crippen LogP contribution in [0.3, 0.4) is 0 Å². The van der Waals surface area contributed by atoms with Crippen molar-refractivity contribution in [1.29, 1.82) is 0 Å². The Morgan fingerprint density at radius 2 is 1.56 bits per heavy atom. The molecule has 132 valence electrons. The summed E-state index contributed by atoms with van der Waals surface area (Å²) >= 11 is 0. The number of hydrogen-bond donors (Lipinski definition) is 1. The first-order valence-electron chi connectivity index (χ1n) is 8.10. The molecular formula is C20H24N2O3. The number of hydrogen-bond acceptors (Lipinski definition) is 4. The Labute approximate surface area is 148 Å². The van der Waals surface area contributed by atoms with Crippen LogP contribution in [0.5, 0.6) is 0 Å². The van der Waals surface area contributed by atoms with E-state index in [2.05, 4.69) is 0 Å². The van der Waals surface area contributed by atoms with E-state index in [0.29, 0.717) is 11.3 Å². The fourth-order valence-corrected chi connectivity index (χ4v) is 2.30. The van der Waals surface area contributed by atoms with E-state index >= 15 is 0 Å². The van der Waals surface area contributed by atoms with E-state index in [1.807, 2.05) is 51.1 Å². The standard InChI is InChI=1S/C20H24N2O3/c1-20(2,3)25-19(24)15-10-12-16(13-11-15)22(4)18(23)17(21)14-8-6-5-7-9-14/h5-13,17H,21H2,1-4H3/t17-/m0/s1. The van der Waals surface area contributed by atoms with Crippen molar-refractivity contribution in [2.75, 3.05) is 11.9 Å². The average molecular weight is 340 g/mol. The van der Waals surface area contributed by atoms with Crippen LogP contribution in [0, 0.1) is 0 Å². The van der Waals surface area contributed by atoms with E-state index in [-0.39, 0.29) is 5.91 Å². The van der Waals surface area contributed by atoms with Crippen LogP contribution in [0.25, 0.3) is 0 Å². The maximum atomic E-state index is 12.6. The Morgan fingerprint density at radius 3 is 2.08 bits per heavy atom. The summed E-state index contributed by atoms with van der Waals surface area (Å²) in [5, 5.41) is 0. The largest absolute Gasteiger partial charge is 0.456 e. The molecule has 0 aliphatic rings. The van der Waals surface area contributed by atoms with Crippen LogP contribution < -0.4 is 10.6 Å². The van der Waals surface area contributed by atoms with E-state index in [1.165, 1.54) is 4.90 Å².